The second-order valence-electron chi connectivity index (χ2n) is 10.7. The normalized spacial score (nSPS) is 20.6. The topological polar surface area (TPSA) is 107 Å². The number of nitrogens with zero attached hydrogens (tertiary/aromatic N) is 5. The second kappa shape index (κ2) is 9.41. The molecule has 2 aliphatic heterocycles. The Balaban J connectivity index is 1.55. The number of H-pyrrole nitrogens is 1. The zero-order chi connectivity index (χ0) is 26.5. The van der Waals surface area contributed by atoms with Gasteiger partial charge in [0.2, 0.25) is 11.7 Å². The zero-order valence-corrected chi connectivity index (χ0v) is 21.7. The molecule has 0 spiro atoms. The quantitative estimate of drug-likeness (QED) is 0.530. The summed E-state index contributed by atoms with van der Waals surface area (Å²) in [5, 5.41) is 10.9. The van der Waals surface area contributed by atoms with Gasteiger partial charge in [0.1, 0.15) is 11.6 Å². The van der Waals surface area contributed by atoms with Gasteiger partial charge in [0, 0.05) is 39.0 Å². The van der Waals surface area contributed by atoms with E-state index in [2.05, 4.69) is 9.97 Å². The van der Waals surface area contributed by atoms with Crippen LogP contribution in [0.25, 0.3) is 11.5 Å². The van der Waals surface area contributed by atoms with E-state index >= 15 is 0 Å². The number of aryl methyl sites for hydroxylation is 1. The summed E-state index contributed by atoms with van der Waals surface area (Å²) in [6.07, 6.45) is 5.52. The van der Waals surface area contributed by atoms with Crippen molar-refractivity contribution in [3.05, 3.63) is 63.2 Å². The van der Waals surface area contributed by atoms with Crippen LogP contribution >= 0.6 is 0 Å². The summed E-state index contributed by atoms with van der Waals surface area (Å²) in [5.74, 6) is 0.480. The molecule has 1 aliphatic carbocycles. The third-order valence-electron chi connectivity index (χ3n) is 8.01. The smallest absolute Gasteiger partial charge is 0.296 e. The molecule has 0 unspecified atom stereocenters. The number of fused-ring (bicyclic) bond motifs is 2. The van der Waals surface area contributed by atoms with Crippen LogP contribution in [0.4, 0.5) is 4.39 Å². The summed E-state index contributed by atoms with van der Waals surface area (Å²) in [7, 11) is 5.37. The van der Waals surface area contributed by atoms with Crippen LogP contribution in [0.15, 0.2) is 29.2 Å². The number of aromatic nitrogens is 4. The highest BCUT2D eigenvalue weighted by Gasteiger charge is 2.47. The van der Waals surface area contributed by atoms with E-state index in [9.17, 15) is 19.1 Å². The fraction of sp³-hybridized carbons (Fsp3) is 0.481. The van der Waals surface area contributed by atoms with Crippen LogP contribution in [0.5, 0.6) is 5.75 Å². The van der Waals surface area contributed by atoms with Crippen LogP contribution < -0.4 is 5.56 Å². The molecule has 196 valence electrons. The summed E-state index contributed by atoms with van der Waals surface area (Å²) >= 11 is 0. The van der Waals surface area contributed by atoms with Gasteiger partial charge in [-0.25, -0.2) is 14.4 Å². The van der Waals surface area contributed by atoms with E-state index in [1.54, 1.807) is 48.8 Å². The van der Waals surface area contributed by atoms with Crippen molar-refractivity contribution in [3.8, 4) is 17.3 Å². The van der Waals surface area contributed by atoms with E-state index in [0.29, 0.717) is 36.1 Å². The molecule has 2 N–H and O–H groups in total. The van der Waals surface area contributed by atoms with Crippen molar-refractivity contribution in [2.45, 2.75) is 51.1 Å². The van der Waals surface area contributed by atoms with Crippen molar-refractivity contribution in [2.75, 3.05) is 27.7 Å². The lowest BCUT2D eigenvalue weighted by atomic mass is 9.76. The van der Waals surface area contributed by atoms with Crippen LogP contribution in [0.2, 0.25) is 0 Å². The first-order valence-electron chi connectivity index (χ1n) is 12.6. The summed E-state index contributed by atoms with van der Waals surface area (Å²) in [6, 6.07) is 4.94. The van der Waals surface area contributed by atoms with Gasteiger partial charge in [-0.1, -0.05) is 12.1 Å². The molecule has 0 saturated heterocycles. The predicted octanol–water partition coefficient (Wildman–Crippen LogP) is 2.80. The number of rotatable bonds is 6. The molecule has 1 saturated carbocycles. The van der Waals surface area contributed by atoms with Gasteiger partial charge < -0.3 is 15.0 Å². The van der Waals surface area contributed by atoms with Gasteiger partial charge in [0.15, 0.2) is 11.5 Å². The number of hydrogen-bond donors (Lipinski definition) is 2. The van der Waals surface area contributed by atoms with Crippen molar-refractivity contribution in [1.29, 1.82) is 0 Å². The molecule has 1 aromatic carbocycles. The van der Waals surface area contributed by atoms with Gasteiger partial charge in [-0.15, -0.1) is 0 Å². The lowest BCUT2D eigenvalue weighted by Gasteiger charge is -2.43. The Labute approximate surface area is 215 Å². The Morgan fingerprint density at radius 3 is 2.68 bits per heavy atom. The summed E-state index contributed by atoms with van der Waals surface area (Å²) in [6.45, 7) is 2.42. The maximum Gasteiger partial charge on any atom is 0.296 e. The van der Waals surface area contributed by atoms with Crippen LogP contribution in [0.1, 0.15) is 48.3 Å². The molecular weight excluding hydrogens is 475 g/mol. The van der Waals surface area contributed by atoms with Gasteiger partial charge in [-0.2, -0.15) is 0 Å². The number of halogens is 1. The minimum Gasteiger partial charge on any atom is -0.501 e. The van der Waals surface area contributed by atoms with Gasteiger partial charge >= 0.3 is 0 Å². The average Bonchev–Trinajstić information content (AvgIpc) is 3.18. The van der Waals surface area contributed by atoms with Gasteiger partial charge in [-0.3, -0.25) is 19.1 Å². The number of benzene rings is 1. The van der Waals surface area contributed by atoms with Crippen LogP contribution in [-0.2, 0) is 23.3 Å². The Morgan fingerprint density at radius 2 is 2.00 bits per heavy atom. The van der Waals surface area contributed by atoms with E-state index in [1.165, 1.54) is 6.07 Å². The summed E-state index contributed by atoms with van der Waals surface area (Å²) < 4.78 is 15.3. The Bertz CT molecular complexity index is 1400. The van der Waals surface area contributed by atoms with E-state index in [1.807, 2.05) is 11.9 Å². The fourth-order valence-electron chi connectivity index (χ4n) is 5.71. The molecule has 3 aliphatic rings. The second-order valence-corrected chi connectivity index (χ2v) is 10.7. The minimum atomic E-state index is -0.596. The van der Waals surface area contributed by atoms with Crippen LogP contribution in [0, 0.1) is 18.7 Å². The number of hydrogen-bond acceptors (Lipinski definition) is 6. The predicted molar refractivity (Wildman–Crippen MR) is 137 cm³/mol. The van der Waals surface area contributed by atoms with Crippen molar-refractivity contribution in [3.63, 3.8) is 0 Å². The third-order valence-corrected chi connectivity index (χ3v) is 8.01. The van der Waals surface area contributed by atoms with E-state index in [0.717, 1.165) is 36.9 Å². The average molecular weight is 509 g/mol. The highest BCUT2D eigenvalue weighted by Crippen LogP contribution is 2.46. The standard InChI is InChI=1S/C27H33FN6O3/c1-16-11-18(5-6-20(16)28)12-19-13-29-24(30-19)22-23(36)25(37)34-14-17-7-9-27(10-8-17,26(34)31-22)33(4)15-21(35)32(2)3/h5-6,11,13,17,36H,7-10,12,14-15H2,1-4H3,(H,29,30). The summed E-state index contributed by atoms with van der Waals surface area (Å²) in [4.78, 5) is 42.1. The maximum atomic E-state index is 13.7. The number of likely N-dealkylation sites (N-methyl/N-ethyl adjacent to an activating group) is 2. The molecule has 0 atom stereocenters. The largest absolute Gasteiger partial charge is 0.501 e. The number of aromatic hydroxyl groups is 1. The molecule has 6 rings (SSSR count). The summed E-state index contributed by atoms with van der Waals surface area (Å²) in [5.41, 5.74) is 1.25. The lowest BCUT2D eigenvalue weighted by molar-refractivity contribution is -0.131. The molecule has 1 fully saturated rings. The highest BCUT2D eigenvalue weighted by atomic mass is 19.1. The van der Waals surface area contributed by atoms with Gasteiger partial charge in [0.25, 0.3) is 5.56 Å². The van der Waals surface area contributed by atoms with Crippen molar-refractivity contribution >= 4 is 5.91 Å². The maximum absolute atomic E-state index is 13.7. The number of imidazole rings is 1. The van der Waals surface area contributed by atoms with E-state index < -0.39 is 16.8 Å². The molecule has 3 aromatic rings. The highest BCUT2D eigenvalue weighted by molar-refractivity contribution is 5.77. The van der Waals surface area contributed by atoms with E-state index in [4.69, 9.17) is 4.98 Å². The molecule has 2 bridgehead atoms. The number of aromatic amines is 1. The molecule has 37 heavy (non-hydrogen) atoms. The van der Waals surface area contributed by atoms with E-state index in [-0.39, 0.29) is 24.0 Å². The first kappa shape index (κ1) is 25.1. The molecule has 1 amide bonds. The molecule has 2 aromatic heterocycles. The number of amides is 1. The molecule has 0 radical (unpaired) electrons. The van der Waals surface area contributed by atoms with Crippen molar-refractivity contribution in [1.82, 2.24) is 29.3 Å². The number of carbonyl (C=O) groups is 1. The lowest BCUT2D eigenvalue weighted by Crippen LogP contribution is -2.51. The monoisotopic (exact) mass is 508 g/mol. The molecule has 10 heteroatoms. The molecule has 9 nitrogen and oxygen atoms in total. The van der Waals surface area contributed by atoms with Gasteiger partial charge in [-0.05, 0) is 62.8 Å². The zero-order valence-electron chi connectivity index (χ0n) is 21.7. The Morgan fingerprint density at radius 1 is 1.27 bits per heavy atom. The SMILES string of the molecule is Cc1cc(Cc2cnc(-c3nc4n(c(=O)c3O)CC3CCC4(N(C)CC(=O)N(C)C)CC3)[nH]2)ccc1F. The molecule has 4 heterocycles. The Hall–Kier alpha value is -3.53. The van der Waals surface area contributed by atoms with Crippen LogP contribution in [-0.4, -0.2) is 68.0 Å². The Kier molecular flexibility index (Phi) is 6.39. The van der Waals surface area contributed by atoms with Crippen molar-refractivity contribution < 1.29 is 14.3 Å². The first-order chi connectivity index (χ1) is 17.6. The van der Waals surface area contributed by atoms with Gasteiger partial charge in [0.05, 0.1) is 12.1 Å². The first-order valence-corrected chi connectivity index (χ1v) is 12.6. The van der Waals surface area contributed by atoms with Crippen molar-refractivity contribution in [2.24, 2.45) is 5.92 Å². The third kappa shape index (κ3) is 4.43. The van der Waals surface area contributed by atoms with Crippen LogP contribution in [0.3, 0.4) is 0 Å². The fourth-order valence-corrected chi connectivity index (χ4v) is 5.71. The number of carbonyl (C=O) groups excluding carboxylic acids is 1. The minimum absolute atomic E-state index is 0.0251. The number of nitrogens with one attached hydrogen (secondary N) is 1. The molecular formula is C27H33FN6O3.